The van der Waals surface area contributed by atoms with Crippen LogP contribution in [0.2, 0.25) is 0 Å². The fourth-order valence-corrected chi connectivity index (χ4v) is 1.91. The maximum Gasteiger partial charge on any atom is 0.134 e. The minimum absolute atomic E-state index is 0.0397. The van der Waals surface area contributed by atoms with Crippen LogP contribution in [0.25, 0.3) is 11.0 Å². The predicted molar refractivity (Wildman–Crippen MR) is 78.2 cm³/mol. The Labute approximate surface area is 115 Å². The molecule has 2 aromatic rings. The van der Waals surface area contributed by atoms with Crippen molar-refractivity contribution in [2.45, 2.75) is 59.8 Å². The summed E-state index contributed by atoms with van der Waals surface area (Å²) in [5.41, 5.74) is 3.25. The summed E-state index contributed by atoms with van der Waals surface area (Å²) in [7, 11) is 0. The Balaban J connectivity index is 2.43. The molecule has 0 aromatic carbocycles. The van der Waals surface area contributed by atoms with E-state index in [0.29, 0.717) is 5.41 Å². The van der Waals surface area contributed by atoms with Crippen molar-refractivity contribution in [2.75, 3.05) is 0 Å². The number of nitrogens with one attached hydrogen (secondary N) is 1. The second-order valence-corrected chi connectivity index (χ2v) is 7.43. The van der Waals surface area contributed by atoms with Crippen molar-refractivity contribution in [3.63, 3.8) is 0 Å². The zero-order chi connectivity index (χ0) is 14.3. The molecule has 0 unspecified atom stereocenters. The first-order chi connectivity index (χ1) is 8.67. The number of hydrogen-bond acceptors (Lipinski definition) is 3. The Kier molecular flexibility index (Phi) is 3.37. The van der Waals surface area contributed by atoms with Crippen molar-refractivity contribution in [3.05, 3.63) is 17.7 Å². The third-order valence-electron chi connectivity index (χ3n) is 3.16. The lowest BCUT2D eigenvalue weighted by molar-refractivity contribution is 0.376. The smallest absolute Gasteiger partial charge is 0.134 e. The van der Waals surface area contributed by atoms with Gasteiger partial charge < -0.3 is 0 Å². The highest BCUT2D eigenvalue weighted by Crippen LogP contribution is 2.26. The van der Waals surface area contributed by atoms with Crippen LogP contribution in [-0.2, 0) is 11.8 Å². The molecule has 0 aliphatic carbocycles. The van der Waals surface area contributed by atoms with E-state index in [1.165, 1.54) is 0 Å². The summed E-state index contributed by atoms with van der Waals surface area (Å²) in [6, 6.07) is 0. The van der Waals surface area contributed by atoms with Crippen molar-refractivity contribution >= 4 is 11.0 Å². The molecule has 0 bridgehead atoms. The molecule has 2 aromatic heterocycles. The second kappa shape index (κ2) is 4.58. The van der Waals surface area contributed by atoms with Crippen molar-refractivity contribution in [3.8, 4) is 0 Å². The summed E-state index contributed by atoms with van der Waals surface area (Å²) < 4.78 is 0. The van der Waals surface area contributed by atoms with Crippen LogP contribution in [-0.4, -0.2) is 20.2 Å². The Morgan fingerprint density at radius 1 is 1.05 bits per heavy atom. The first-order valence-electron chi connectivity index (χ1n) is 6.87. The van der Waals surface area contributed by atoms with E-state index in [4.69, 9.17) is 4.98 Å². The van der Waals surface area contributed by atoms with Gasteiger partial charge in [-0.05, 0) is 18.3 Å². The standard InChI is InChI=1S/C15H24N4/c1-14(2,3)8-7-10-12-11(9-16-19-12)18-13(17-10)15(4,5)6/h9H,7-8H2,1-6H3,(H,16,19). The third-order valence-corrected chi connectivity index (χ3v) is 3.16. The maximum absolute atomic E-state index is 4.77. The number of nitrogens with zero attached hydrogens (tertiary/aromatic N) is 3. The van der Waals surface area contributed by atoms with Gasteiger partial charge in [0.05, 0.1) is 11.9 Å². The van der Waals surface area contributed by atoms with Crippen molar-refractivity contribution in [1.29, 1.82) is 0 Å². The summed E-state index contributed by atoms with van der Waals surface area (Å²) in [5.74, 6) is 0.894. The molecular weight excluding hydrogens is 236 g/mol. The topological polar surface area (TPSA) is 54.5 Å². The van der Waals surface area contributed by atoms with E-state index in [1.807, 2.05) is 0 Å². The Morgan fingerprint density at radius 3 is 2.32 bits per heavy atom. The normalized spacial score (nSPS) is 13.2. The van der Waals surface area contributed by atoms with Gasteiger partial charge in [0.1, 0.15) is 16.9 Å². The van der Waals surface area contributed by atoms with Gasteiger partial charge in [-0.25, -0.2) is 9.97 Å². The van der Waals surface area contributed by atoms with Gasteiger partial charge >= 0.3 is 0 Å². The minimum Gasteiger partial charge on any atom is -0.274 e. The first kappa shape index (κ1) is 14.0. The fourth-order valence-electron chi connectivity index (χ4n) is 1.91. The third kappa shape index (κ3) is 3.31. The lowest BCUT2D eigenvalue weighted by atomic mass is 9.89. The summed E-state index contributed by atoms with van der Waals surface area (Å²) in [6.07, 6.45) is 3.84. The molecule has 0 spiro atoms. The number of hydrogen-bond donors (Lipinski definition) is 1. The largest absolute Gasteiger partial charge is 0.274 e. The van der Waals surface area contributed by atoms with Crippen molar-refractivity contribution < 1.29 is 0 Å². The molecule has 2 heterocycles. The average Bonchev–Trinajstić information content (AvgIpc) is 2.71. The van der Waals surface area contributed by atoms with Crippen LogP contribution in [0.1, 0.15) is 59.5 Å². The highest BCUT2D eigenvalue weighted by Gasteiger charge is 2.21. The fraction of sp³-hybridized carbons (Fsp3) is 0.667. The number of aromatic nitrogens is 4. The Morgan fingerprint density at radius 2 is 1.74 bits per heavy atom. The van der Waals surface area contributed by atoms with Crippen LogP contribution in [0.5, 0.6) is 0 Å². The molecule has 0 radical (unpaired) electrons. The van der Waals surface area contributed by atoms with Crippen LogP contribution >= 0.6 is 0 Å². The van der Waals surface area contributed by atoms with Crippen molar-refractivity contribution in [1.82, 2.24) is 20.2 Å². The average molecular weight is 260 g/mol. The van der Waals surface area contributed by atoms with Gasteiger partial charge in [-0.2, -0.15) is 5.10 Å². The van der Waals surface area contributed by atoms with E-state index in [1.54, 1.807) is 6.20 Å². The molecule has 0 saturated carbocycles. The van der Waals surface area contributed by atoms with Crippen LogP contribution in [0.4, 0.5) is 0 Å². The van der Waals surface area contributed by atoms with Gasteiger partial charge in [-0.1, -0.05) is 41.5 Å². The summed E-state index contributed by atoms with van der Waals surface area (Å²) >= 11 is 0. The summed E-state index contributed by atoms with van der Waals surface area (Å²) in [5, 5.41) is 7.13. The lowest BCUT2D eigenvalue weighted by Crippen LogP contribution is -2.18. The molecule has 1 N–H and O–H groups in total. The van der Waals surface area contributed by atoms with Crippen LogP contribution < -0.4 is 0 Å². The van der Waals surface area contributed by atoms with E-state index >= 15 is 0 Å². The zero-order valence-corrected chi connectivity index (χ0v) is 12.8. The summed E-state index contributed by atoms with van der Waals surface area (Å²) in [4.78, 5) is 9.37. The molecule has 0 amide bonds. The molecule has 2 rings (SSSR count). The van der Waals surface area contributed by atoms with Gasteiger partial charge in [-0.15, -0.1) is 0 Å². The van der Waals surface area contributed by atoms with Gasteiger partial charge in [0.25, 0.3) is 0 Å². The number of aryl methyl sites for hydroxylation is 1. The molecular formula is C15H24N4. The number of fused-ring (bicyclic) bond motifs is 1. The minimum atomic E-state index is -0.0397. The summed E-state index contributed by atoms with van der Waals surface area (Å²) in [6.45, 7) is 13.2. The van der Waals surface area contributed by atoms with Crippen LogP contribution in [0.3, 0.4) is 0 Å². The van der Waals surface area contributed by atoms with Crippen LogP contribution in [0.15, 0.2) is 6.20 Å². The van der Waals surface area contributed by atoms with Gasteiger partial charge in [-0.3, -0.25) is 5.10 Å². The van der Waals surface area contributed by atoms with E-state index < -0.39 is 0 Å². The highest BCUT2D eigenvalue weighted by molar-refractivity contribution is 5.75. The molecule has 0 aliphatic heterocycles. The molecule has 0 aliphatic rings. The number of H-pyrrole nitrogens is 1. The number of aromatic amines is 1. The van der Waals surface area contributed by atoms with E-state index in [0.717, 1.165) is 35.4 Å². The SMILES string of the molecule is CC(C)(C)CCc1nc(C(C)(C)C)nc2cn[nH]c12. The van der Waals surface area contributed by atoms with Gasteiger partial charge in [0.15, 0.2) is 0 Å². The monoisotopic (exact) mass is 260 g/mol. The highest BCUT2D eigenvalue weighted by atomic mass is 15.1. The quantitative estimate of drug-likeness (QED) is 0.897. The van der Waals surface area contributed by atoms with Crippen LogP contribution in [0, 0.1) is 5.41 Å². The second-order valence-electron chi connectivity index (χ2n) is 7.43. The lowest BCUT2D eigenvalue weighted by Gasteiger charge is -2.20. The molecule has 4 heteroatoms. The van der Waals surface area contributed by atoms with E-state index in [2.05, 4.69) is 56.7 Å². The maximum atomic E-state index is 4.77. The van der Waals surface area contributed by atoms with Crippen molar-refractivity contribution in [2.24, 2.45) is 5.41 Å². The van der Waals surface area contributed by atoms with E-state index in [9.17, 15) is 0 Å². The van der Waals surface area contributed by atoms with Gasteiger partial charge in [0.2, 0.25) is 0 Å². The first-order valence-corrected chi connectivity index (χ1v) is 6.87. The molecule has 0 fully saturated rings. The van der Waals surface area contributed by atoms with E-state index in [-0.39, 0.29) is 5.41 Å². The molecule has 0 saturated heterocycles. The van der Waals surface area contributed by atoms with Gasteiger partial charge in [0, 0.05) is 5.41 Å². The zero-order valence-electron chi connectivity index (χ0n) is 12.8. The Hall–Kier alpha value is -1.45. The molecule has 0 atom stereocenters. The Bertz CT molecular complexity index is 570. The molecule has 104 valence electrons. The predicted octanol–water partition coefficient (Wildman–Crippen LogP) is 3.63. The number of rotatable bonds is 2. The molecule has 19 heavy (non-hydrogen) atoms. The molecule has 4 nitrogen and oxygen atoms in total.